The van der Waals surface area contributed by atoms with Crippen LogP contribution in [0.15, 0.2) is 0 Å². The fraction of sp³-hybridized carbons (Fsp3) is 1.00. The Labute approximate surface area is 82.0 Å². The van der Waals surface area contributed by atoms with Gasteiger partial charge in [-0.3, -0.25) is 0 Å². The minimum absolute atomic E-state index is 0.371. The zero-order valence-corrected chi connectivity index (χ0v) is 8.85. The van der Waals surface area contributed by atoms with Gasteiger partial charge in [0.25, 0.3) is 0 Å². The molecule has 5 heteroatoms. The number of hydrogen-bond acceptors (Lipinski definition) is 3. The van der Waals surface area contributed by atoms with Gasteiger partial charge in [0.05, 0.1) is 5.75 Å². The van der Waals surface area contributed by atoms with Crippen molar-refractivity contribution < 1.29 is 8.76 Å². The van der Waals surface area contributed by atoms with Crippen LogP contribution in [0.4, 0.5) is 0 Å². The first-order valence-corrected chi connectivity index (χ1v) is 5.97. The molecule has 1 aliphatic heterocycles. The lowest BCUT2D eigenvalue weighted by atomic mass is 10.1. The summed E-state index contributed by atoms with van der Waals surface area (Å²) in [5, 5.41) is 3.24. The van der Waals surface area contributed by atoms with E-state index in [1.165, 1.54) is 12.8 Å². The van der Waals surface area contributed by atoms with Crippen molar-refractivity contribution in [3.8, 4) is 0 Å². The lowest BCUT2D eigenvalue weighted by Gasteiger charge is -2.32. The van der Waals surface area contributed by atoms with E-state index in [9.17, 15) is 4.21 Å². The Morgan fingerprint density at radius 1 is 1.69 bits per heavy atom. The number of nitrogens with zero attached hydrogens (tertiary/aromatic N) is 1. The molecule has 0 saturated carbocycles. The Kier molecular flexibility index (Phi) is 4.87. The Balaban J connectivity index is 2.21. The number of likely N-dealkylation sites (tertiary alicyclic amines) is 1. The van der Waals surface area contributed by atoms with Crippen LogP contribution in [-0.2, 0) is 11.1 Å². The third-order valence-electron chi connectivity index (χ3n) is 2.50. The van der Waals surface area contributed by atoms with Gasteiger partial charge < -0.3 is 14.8 Å². The molecule has 2 unspecified atom stereocenters. The molecule has 4 nitrogen and oxygen atoms in total. The molecule has 13 heavy (non-hydrogen) atoms. The third kappa shape index (κ3) is 4.17. The number of likely N-dealkylation sites (N-methyl/N-ethyl adjacent to an activating group) is 1. The van der Waals surface area contributed by atoms with Gasteiger partial charge in [-0.15, -0.1) is 0 Å². The zero-order valence-electron chi connectivity index (χ0n) is 8.03. The number of piperidine rings is 1. The van der Waals surface area contributed by atoms with Gasteiger partial charge in [-0.25, -0.2) is 4.21 Å². The van der Waals surface area contributed by atoms with E-state index >= 15 is 0 Å². The summed E-state index contributed by atoms with van der Waals surface area (Å²) in [5.74, 6) is 0.371. The monoisotopic (exact) mass is 206 g/mol. The van der Waals surface area contributed by atoms with E-state index in [1.807, 2.05) is 7.05 Å². The molecule has 0 bridgehead atoms. The number of hydrogen-bond donors (Lipinski definition) is 2. The highest BCUT2D eigenvalue weighted by molar-refractivity contribution is 7.79. The van der Waals surface area contributed by atoms with Gasteiger partial charge in [-0.2, -0.15) is 0 Å². The summed E-state index contributed by atoms with van der Waals surface area (Å²) in [6, 6.07) is 0.556. The number of rotatable bonds is 4. The SMILES string of the molecule is CNC1CCCN(CCS(=O)O)C1. The first-order valence-electron chi connectivity index (χ1n) is 4.69. The van der Waals surface area contributed by atoms with Crippen LogP contribution in [0.3, 0.4) is 0 Å². The van der Waals surface area contributed by atoms with Crippen molar-refractivity contribution >= 4 is 11.1 Å². The Morgan fingerprint density at radius 3 is 3.08 bits per heavy atom. The highest BCUT2D eigenvalue weighted by Crippen LogP contribution is 2.08. The lowest BCUT2D eigenvalue weighted by molar-refractivity contribution is 0.205. The summed E-state index contributed by atoms with van der Waals surface area (Å²) in [5.41, 5.74) is 0. The first kappa shape index (κ1) is 11.1. The van der Waals surface area contributed by atoms with Crippen LogP contribution in [0, 0.1) is 0 Å². The van der Waals surface area contributed by atoms with Crippen LogP contribution < -0.4 is 5.32 Å². The highest BCUT2D eigenvalue weighted by atomic mass is 32.2. The molecule has 1 heterocycles. The average molecular weight is 206 g/mol. The molecule has 1 rings (SSSR count). The fourth-order valence-corrected chi connectivity index (χ4v) is 2.12. The summed E-state index contributed by atoms with van der Waals surface area (Å²) < 4.78 is 19.1. The average Bonchev–Trinajstić information content (AvgIpc) is 2.15. The van der Waals surface area contributed by atoms with Crippen molar-refractivity contribution in [2.45, 2.75) is 18.9 Å². The van der Waals surface area contributed by atoms with E-state index in [1.54, 1.807) is 0 Å². The van der Waals surface area contributed by atoms with Crippen LogP contribution >= 0.6 is 0 Å². The molecule has 1 aliphatic rings. The van der Waals surface area contributed by atoms with E-state index in [2.05, 4.69) is 10.2 Å². The summed E-state index contributed by atoms with van der Waals surface area (Å²) in [6.07, 6.45) is 2.40. The largest absolute Gasteiger partial charge is 0.316 e. The van der Waals surface area contributed by atoms with Crippen molar-refractivity contribution in [2.24, 2.45) is 0 Å². The van der Waals surface area contributed by atoms with Gasteiger partial charge in [0.1, 0.15) is 0 Å². The first-order chi connectivity index (χ1) is 6.22. The van der Waals surface area contributed by atoms with Crippen molar-refractivity contribution in [3.05, 3.63) is 0 Å². The molecule has 0 radical (unpaired) electrons. The van der Waals surface area contributed by atoms with Gasteiger partial charge >= 0.3 is 0 Å². The minimum Gasteiger partial charge on any atom is -0.316 e. The van der Waals surface area contributed by atoms with E-state index in [-0.39, 0.29) is 0 Å². The maximum absolute atomic E-state index is 10.5. The Bertz CT molecular complexity index is 178. The second-order valence-corrected chi connectivity index (χ2v) is 4.51. The second-order valence-electron chi connectivity index (χ2n) is 3.45. The quantitative estimate of drug-likeness (QED) is 0.630. The summed E-state index contributed by atoms with van der Waals surface area (Å²) >= 11 is -1.64. The summed E-state index contributed by atoms with van der Waals surface area (Å²) in [7, 11) is 1.97. The lowest BCUT2D eigenvalue weighted by Crippen LogP contribution is -2.45. The van der Waals surface area contributed by atoms with Gasteiger partial charge in [-0.05, 0) is 26.4 Å². The maximum Gasteiger partial charge on any atom is 0.154 e. The van der Waals surface area contributed by atoms with E-state index in [0.717, 1.165) is 19.6 Å². The highest BCUT2D eigenvalue weighted by Gasteiger charge is 2.17. The standard InChI is InChI=1S/C8H18N2O2S/c1-9-8-3-2-4-10(7-8)5-6-13(11)12/h8-9H,2-7H2,1H3,(H,11,12). The number of nitrogens with one attached hydrogen (secondary N) is 1. The van der Waals surface area contributed by atoms with Crippen molar-refractivity contribution in [3.63, 3.8) is 0 Å². The zero-order chi connectivity index (χ0) is 9.68. The predicted molar refractivity (Wildman–Crippen MR) is 54.2 cm³/mol. The topological polar surface area (TPSA) is 52.6 Å². The molecule has 2 N–H and O–H groups in total. The van der Waals surface area contributed by atoms with E-state index < -0.39 is 11.1 Å². The van der Waals surface area contributed by atoms with Gasteiger partial charge in [-0.1, -0.05) is 0 Å². The van der Waals surface area contributed by atoms with Crippen LogP contribution in [-0.4, -0.2) is 52.1 Å². The smallest absolute Gasteiger partial charge is 0.154 e. The third-order valence-corrected chi connectivity index (χ3v) is 3.03. The van der Waals surface area contributed by atoms with Crippen LogP contribution in [0.1, 0.15) is 12.8 Å². The fourth-order valence-electron chi connectivity index (χ4n) is 1.70. The van der Waals surface area contributed by atoms with Crippen LogP contribution in [0.2, 0.25) is 0 Å². The molecule has 2 atom stereocenters. The normalized spacial score (nSPS) is 27.4. The van der Waals surface area contributed by atoms with Gasteiger partial charge in [0, 0.05) is 19.1 Å². The van der Waals surface area contributed by atoms with Crippen molar-refractivity contribution in [2.75, 3.05) is 32.4 Å². The molecule has 0 aromatic heterocycles. The van der Waals surface area contributed by atoms with Crippen molar-refractivity contribution in [1.82, 2.24) is 10.2 Å². The molecule has 0 aromatic carbocycles. The summed E-state index contributed by atoms with van der Waals surface area (Å²) in [6.45, 7) is 2.81. The molecular formula is C8H18N2O2S. The molecule has 0 aromatic rings. The Hall–Kier alpha value is 0.0300. The molecule has 0 amide bonds. The Morgan fingerprint density at radius 2 is 2.46 bits per heavy atom. The van der Waals surface area contributed by atoms with Crippen LogP contribution in [0.25, 0.3) is 0 Å². The molecule has 1 fully saturated rings. The molecule has 78 valence electrons. The summed E-state index contributed by atoms with van der Waals surface area (Å²) in [4.78, 5) is 2.25. The van der Waals surface area contributed by atoms with Crippen molar-refractivity contribution in [1.29, 1.82) is 0 Å². The van der Waals surface area contributed by atoms with E-state index in [0.29, 0.717) is 11.8 Å². The molecule has 1 saturated heterocycles. The maximum atomic E-state index is 10.5. The van der Waals surface area contributed by atoms with Gasteiger partial charge in [0.2, 0.25) is 0 Å². The molecule has 0 aliphatic carbocycles. The molecule has 0 spiro atoms. The molecular weight excluding hydrogens is 188 g/mol. The second kappa shape index (κ2) is 5.70. The van der Waals surface area contributed by atoms with E-state index in [4.69, 9.17) is 4.55 Å². The minimum atomic E-state index is -1.64. The van der Waals surface area contributed by atoms with Crippen LogP contribution in [0.5, 0.6) is 0 Å². The predicted octanol–water partition coefficient (Wildman–Crippen LogP) is -0.108. The van der Waals surface area contributed by atoms with Gasteiger partial charge in [0.15, 0.2) is 11.1 Å².